The molecule has 1 aromatic carbocycles. The van der Waals surface area contributed by atoms with Crippen LogP contribution in [-0.2, 0) is 0 Å². The molecule has 0 aromatic heterocycles. The highest BCUT2D eigenvalue weighted by molar-refractivity contribution is 14.1. The van der Waals surface area contributed by atoms with Crippen LogP contribution in [0.25, 0.3) is 0 Å². The minimum Gasteiger partial charge on any atom is -0.391 e. The summed E-state index contributed by atoms with van der Waals surface area (Å²) in [6, 6.07) is 7.54. The zero-order valence-corrected chi connectivity index (χ0v) is 9.02. The number of nitrogens with two attached hydrogens (primary N) is 1. The molecule has 2 unspecified atom stereocenters. The molecule has 3 heteroatoms. The summed E-state index contributed by atoms with van der Waals surface area (Å²) in [6.07, 6.45) is -0.499. The third-order valence-electron chi connectivity index (χ3n) is 1.78. The lowest BCUT2D eigenvalue weighted by Gasteiger charge is -2.16. The van der Waals surface area contributed by atoms with Gasteiger partial charge in [0.1, 0.15) is 0 Å². The predicted octanol–water partition coefficient (Wildman–Crippen LogP) is 1.67. The van der Waals surface area contributed by atoms with Crippen LogP contribution in [0, 0.1) is 3.57 Å². The van der Waals surface area contributed by atoms with E-state index < -0.39 is 6.10 Å². The first-order valence-corrected chi connectivity index (χ1v) is 4.89. The molecular weight excluding hydrogens is 265 g/mol. The summed E-state index contributed by atoms with van der Waals surface area (Å²) in [7, 11) is 0. The third kappa shape index (κ3) is 2.18. The molecule has 66 valence electrons. The van der Waals surface area contributed by atoms with E-state index in [-0.39, 0.29) is 6.04 Å². The fourth-order valence-corrected chi connectivity index (χ4v) is 1.75. The Hall–Kier alpha value is -0.130. The fourth-order valence-electron chi connectivity index (χ4n) is 1.01. The van der Waals surface area contributed by atoms with Crippen molar-refractivity contribution < 1.29 is 5.11 Å². The molecule has 0 heterocycles. The lowest BCUT2D eigenvalue weighted by molar-refractivity contribution is 0.164. The quantitative estimate of drug-likeness (QED) is 0.808. The maximum absolute atomic E-state index is 9.27. The smallest absolute Gasteiger partial charge is 0.0705 e. The van der Waals surface area contributed by atoms with E-state index in [0.29, 0.717) is 0 Å². The first kappa shape index (κ1) is 9.95. The zero-order valence-electron chi connectivity index (χ0n) is 6.87. The summed E-state index contributed by atoms with van der Waals surface area (Å²) < 4.78 is 1.10. The minimum atomic E-state index is -0.499. The van der Waals surface area contributed by atoms with Gasteiger partial charge in [0.25, 0.3) is 0 Å². The van der Waals surface area contributed by atoms with Crippen molar-refractivity contribution in [3.05, 3.63) is 33.4 Å². The number of aliphatic hydroxyl groups excluding tert-OH is 1. The molecule has 0 fully saturated rings. The Morgan fingerprint density at radius 3 is 2.50 bits per heavy atom. The van der Waals surface area contributed by atoms with Gasteiger partial charge in [0, 0.05) is 3.57 Å². The van der Waals surface area contributed by atoms with Crippen LogP contribution in [-0.4, -0.2) is 11.2 Å². The van der Waals surface area contributed by atoms with E-state index in [9.17, 15) is 5.11 Å². The maximum Gasteiger partial charge on any atom is 0.0705 e. The Labute approximate surface area is 85.9 Å². The first-order valence-electron chi connectivity index (χ1n) is 3.81. The summed E-state index contributed by atoms with van der Waals surface area (Å²) in [5.41, 5.74) is 6.79. The van der Waals surface area contributed by atoms with Crippen LogP contribution in [0.3, 0.4) is 0 Å². The van der Waals surface area contributed by atoms with Crippen molar-refractivity contribution in [1.29, 1.82) is 0 Å². The lowest BCUT2D eigenvalue weighted by atomic mass is 10.0. The third-order valence-corrected chi connectivity index (χ3v) is 2.77. The van der Waals surface area contributed by atoms with Gasteiger partial charge >= 0.3 is 0 Å². The molecule has 0 aliphatic heterocycles. The van der Waals surface area contributed by atoms with Crippen molar-refractivity contribution in [3.63, 3.8) is 0 Å². The number of hydrogen-bond acceptors (Lipinski definition) is 2. The number of halogens is 1. The second-order valence-corrected chi connectivity index (χ2v) is 3.95. The number of hydrogen-bond donors (Lipinski definition) is 2. The van der Waals surface area contributed by atoms with E-state index in [1.165, 1.54) is 0 Å². The van der Waals surface area contributed by atoms with Crippen molar-refractivity contribution in [1.82, 2.24) is 0 Å². The normalized spacial score (nSPS) is 15.7. The first-order chi connectivity index (χ1) is 5.63. The molecule has 0 bridgehead atoms. The van der Waals surface area contributed by atoms with Gasteiger partial charge in [-0.25, -0.2) is 0 Å². The molecule has 2 nitrogen and oxygen atoms in total. The van der Waals surface area contributed by atoms with Crippen molar-refractivity contribution >= 4 is 22.6 Å². The highest BCUT2D eigenvalue weighted by Gasteiger charge is 2.13. The van der Waals surface area contributed by atoms with Gasteiger partial charge in [-0.15, -0.1) is 0 Å². The largest absolute Gasteiger partial charge is 0.391 e. The Balaban J connectivity index is 2.94. The van der Waals surface area contributed by atoms with Crippen LogP contribution in [0.15, 0.2) is 24.3 Å². The summed E-state index contributed by atoms with van der Waals surface area (Å²) in [5.74, 6) is 0. The average molecular weight is 277 g/mol. The molecule has 0 aliphatic rings. The van der Waals surface area contributed by atoms with Crippen LogP contribution in [0.5, 0.6) is 0 Å². The maximum atomic E-state index is 9.27. The van der Waals surface area contributed by atoms with Crippen LogP contribution >= 0.6 is 22.6 Å². The van der Waals surface area contributed by atoms with Gasteiger partial charge < -0.3 is 10.8 Å². The predicted molar refractivity (Wildman–Crippen MR) is 57.8 cm³/mol. The summed E-state index contributed by atoms with van der Waals surface area (Å²) in [6.45, 7) is 1.70. The number of aliphatic hydroxyl groups is 1. The SMILES string of the molecule is CC(O)C(N)c1ccccc1I. The average Bonchev–Trinajstić information content (AvgIpc) is 2.04. The Morgan fingerprint density at radius 2 is 2.00 bits per heavy atom. The number of rotatable bonds is 2. The minimum absolute atomic E-state index is 0.280. The van der Waals surface area contributed by atoms with E-state index in [2.05, 4.69) is 22.6 Å². The molecule has 0 saturated heterocycles. The summed E-state index contributed by atoms with van der Waals surface area (Å²) in [5, 5.41) is 9.27. The van der Waals surface area contributed by atoms with Crippen molar-refractivity contribution in [2.45, 2.75) is 19.1 Å². The van der Waals surface area contributed by atoms with E-state index in [4.69, 9.17) is 5.73 Å². The Bertz CT molecular complexity index is 262. The molecule has 3 N–H and O–H groups in total. The second kappa shape index (κ2) is 4.20. The Morgan fingerprint density at radius 1 is 1.42 bits per heavy atom. The lowest BCUT2D eigenvalue weighted by Crippen LogP contribution is -2.23. The van der Waals surface area contributed by atoms with Crippen LogP contribution in [0.4, 0.5) is 0 Å². The monoisotopic (exact) mass is 277 g/mol. The topological polar surface area (TPSA) is 46.2 Å². The molecule has 0 aliphatic carbocycles. The van der Waals surface area contributed by atoms with Gasteiger partial charge in [-0.2, -0.15) is 0 Å². The van der Waals surface area contributed by atoms with Gasteiger partial charge in [0.2, 0.25) is 0 Å². The molecule has 0 spiro atoms. The Kier molecular flexibility index (Phi) is 3.49. The van der Waals surface area contributed by atoms with Crippen molar-refractivity contribution in [2.75, 3.05) is 0 Å². The molecule has 0 radical (unpaired) electrons. The molecule has 0 amide bonds. The summed E-state index contributed by atoms with van der Waals surface area (Å²) in [4.78, 5) is 0. The van der Waals surface area contributed by atoms with Crippen LogP contribution < -0.4 is 5.73 Å². The summed E-state index contributed by atoms with van der Waals surface area (Å²) >= 11 is 2.22. The molecule has 0 saturated carbocycles. The van der Waals surface area contributed by atoms with Gasteiger partial charge in [-0.05, 0) is 41.1 Å². The van der Waals surface area contributed by atoms with Crippen LogP contribution in [0.1, 0.15) is 18.5 Å². The van der Waals surface area contributed by atoms with Crippen molar-refractivity contribution in [3.8, 4) is 0 Å². The van der Waals surface area contributed by atoms with Gasteiger partial charge in [0.15, 0.2) is 0 Å². The van der Waals surface area contributed by atoms with Gasteiger partial charge in [0.05, 0.1) is 12.1 Å². The van der Waals surface area contributed by atoms with E-state index in [0.717, 1.165) is 9.13 Å². The van der Waals surface area contributed by atoms with E-state index in [1.807, 2.05) is 24.3 Å². The highest BCUT2D eigenvalue weighted by Crippen LogP contribution is 2.20. The fraction of sp³-hybridized carbons (Fsp3) is 0.333. The molecular formula is C9H12INO. The second-order valence-electron chi connectivity index (χ2n) is 2.79. The molecule has 12 heavy (non-hydrogen) atoms. The van der Waals surface area contributed by atoms with Crippen molar-refractivity contribution in [2.24, 2.45) is 5.73 Å². The molecule has 1 rings (SSSR count). The molecule has 2 atom stereocenters. The van der Waals surface area contributed by atoms with E-state index in [1.54, 1.807) is 6.92 Å². The molecule has 1 aromatic rings. The standard InChI is InChI=1S/C9H12INO/c1-6(12)9(11)7-4-2-3-5-8(7)10/h2-6,9,12H,11H2,1H3. The van der Waals surface area contributed by atoms with Gasteiger partial charge in [-0.3, -0.25) is 0 Å². The highest BCUT2D eigenvalue weighted by atomic mass is 127. The van der Waals surface area contributed by atoms with Gasteiger partial charge in [-0.1, -0.05) is 18.2 Å². The van der Waals surface area contributed by atoms with E-state index >= 15 is 0 Å². The number of benzene rings is 1. The van der Waals surface area contributed by atoms with Crippen LogP contribution in [0.2, 0.25) is 0 Å². The zero-order chi connectivity index (χ0) is 9.14.